The number of aryl methyl sites for hydroxylation is 1. The van der Waals surface area contributed by atoms with E-state index in [0.29, 0.717) is 18.7 Å². The minimum atomic E-state index is -4.07. The highest BCUT2D eigenvalue weighted by Crippen LogP contribution is 2.26. The van der Waals surface area contributed by atoms with E-state index in [1.165, 1.54) is 17.0 Å². The molecule has 3 aromatic rings. The maximum atomic E-state index is 14.0. The van der Waals surface area contributed by atoms with Crippen molar-refractivity contribution in [2.75, 3.05) is 17.4 Å². The Labute approximate surface area is 240 Å². The van der Waals surface area contributed by atoms with E-state index in [9.17, 15) is 18.0 Å². The summed E-state index contributed by atoms with van der Waals surface area (Å²) in [6.07, 6.45) is 2.16. The van der Waals surface area contributed by atoms with Gasteiger partial charge in [0.25, 0.3) is 10.0 Å². The zero-order valence-electron chi connectivity index (χ0n) is 22.6. The van der Waals surface area contributed by atoms with Crippen molar-refractivity contribution in [2.24, 2.45) is 0 Å². The summed E-state index contributed by atoms with van der Waals surface area (Å²) in [5.74, 6) is -0.706. The summed E-state index contributed by atoms with van der Waals surface area (Å²) >= 11 is 3.39. The molecule has 1 N–H and O–H groups in total. The smallest absolute Gasteiger partial charge is 0.264 e. The minimum absolute atomic E-state index is 0.0788. The van der Waals surface area contributed by atoms with Gasteiger partial charge in [-0.25, -0.2) is 8.42 Å². The summed E-state index contributed by atoms with van der Waals surface area (Å²) in [5, 5.41) is 2.94. The fourth-order valence-corrected chi connectivity index (χ4v) is 5.87. The molecule has 9 heteroatoms. The van der Waals surface area contributed by atoms with Crippen LogP contribution in [0.15, 0.2) is 88.2 Å². The Morgan fingerprint density at radius 3 is 2.15 bits per heavy atom. The van der Waals surface area contributed by atoms with Crippen molar-refractivity contribution in [3.05, 3.63) is 94.5 Å². The summed E-state index contributed by atoms with van der Waals surface area (Å²) < 4.78 is 29.5. The molecule has 39 heavy (non-hydrogen) atoms. The molecular weight excluding hydrogens is 578 g/mol. The predicted octanol–water partition coefficient (Wildman–Crippen LogP) is 5.68. The number of benzene rings is 3. The van der Waals surface area contributed by atoms with E-state index in [1.807, 2.05) is 45.0 Å². The number of amides is 2. The number of carbonyl (C=O) groups excluding carboxylic acids is 2. The van der Waals surface area contributed by atoms with Gasteiger partial charge in [-0.15, -0.1) is 0 Å². The lowest BCUT2D eigenvalue weighted by Crippen LogP contribution is -2.52. The molecule has 0 radical (unpaired) electrons. The molecule has 1 atom stereocenters. The summed E-state index contributed by atoms with van der Waals surface area (Å²) in [5.41, 5.74) is 2.29. The number of anilines is 1. The molecule has 208 valence electrons. The molecule has 0 aliphatic heterocycles. The zero-order valence-corrected chi connectivity index (χ0v) is 25.0. The van der Waals surface area contributed by atoms with Crippen LogP contribution in [0.5, 0.6) is 0 Å². The second kappa shape index (κ2) is 14.3. The van der Waals surface area contributed by atoms with E-state index in [1.54, 1.807) is 42.5 Å². The highest BCUT2D eigenvalue weighted by atomic mass is 79.9. The van der Waals surface area contributed by atoms with Gasteiger partial charge in [-0.05, 0) is 61.7 Å². The second-order valence-electron chi connectivity index (χ2n) is 9.38. The monoisotopic (exact) mass is 613 g/mol. The van der Waals surface area contributed by atoms with Gasteiger partial charge >= 0.3 is 0 Å². The van der Waals surface area contributed by atoms with Gasteiger partial charge in [0.15, 0.2) is 0 Å². The van der Waals surface area contributed by atoms with Crippen LogP contribution in [-0.2, 0) is 26.2 Å². The van der Waals surface area contributed by atoms with Crippen molar-refractivity contribution >= 4 is 43.5 Å². The van der Waals surface area contributed by atoms with E-state index in [0.717, 1.165) is 32.7 Å². The van der Waals surface area contributed by atoms with Crippen LogP contribution >= 0.6 is 15.9 Å². The van der Waals surface area contributed by atoms with Crippen molar-refractivity contribution in [3.63, 3.8) is 0 Å². The zero-order chi connectivity index (χ0) is 28.4. The Balaban J connectivity index is 2.01. The number of carbonyl (C=O) groups is 2. The third-order valence-electron chi connectivity index (χ3n) is 6.41. The summed E-state index contributed by atoms with van der Waals surface area (Å²) in [6.45, 7) is 6.12. The standard InChI is InChI=1S/C30H36BrN3O4S/c1-4-6-20-32-30(36)28(5-2)33(21-24-14-12-23(3)13-15-24)29(35)22-34(26-18-16-25(31)17-19-26)39(37,38)27-10-8-7-9-11-27/h7-19,28H,4-6,20-22H2,1-3H3,(H,32,36). The van der Waals surface area contributed by atoms with Crippen LogP contribution in [0.3, 0.4) is 0 Å². The van der Waals surface area contributed by atoms with Crippen LogP contribution in [0.1, 0.15) is 44.2 Å². The first-order chi connectivity index (χ1) is 18.7. The first-order valence-corrected chi connectivity index (χ1v) is 15.4. The Hall–Kier alpha value is -3.17. The fourth-order valence-electron chi connectivity index (χ4n) is 4.17. The van der Waals surface area contributed by atoms with Gasteiger partial charge in [-0.3, -0.25) is 13.9 Å². The Bertz CT molecular complexity index is 1330. The van der Waals surface area contributed by atoms with Gasteiger partial charge in [-0.1, -0.05) is 84.2 Å². The maximum absolute atomic E-state index is 14.0. The number of hydrogen-bond donors (Lipinski definition) is 1. The Kier molecular flexibility index (Phi) is 11.1. The highest BCUT2D eigenvalue weighted by molar-refractivity contribution is 9.10. The third-order valence-corrected chi connectivity index (χ3v) is 8.73. The van der Waals surface area contributed by atoms with E-state index in [4.69, 9.17) is 0 Å². The summed E-state index contributed by atoms with van der Waals surface area (Å²) in [6, 6.07) is 21.8. The molecule has 0 bridgehead atoms. The summed E-state index contributed by atoms with van der Waals surface area (Å²) in [4.78, 5) is 28.8. The number of nitrogens with zero attached hydrogens (tertiary/aromatic N) is 2. The van der Waals surface area contributed by atoms with Crippen LogP contribution in [0.4, 0.5) is 5.69 Å². The topological polar surface area (TPSA) is 86.8 Å². The molecule has 0 aliphatic carbocycles. The lowest BCUT2D eigenvalue weighted by molar-refractivity contribution is -0.140. The van der Waals surface area contributed by atoms with Crippen molar-refractivity contribution < 1.29 is 18.0 Å². The molecule has 0 fully saturated rings. The number of rotatable bonds is 13. The molecule has 0 saturated heterocycles. The highest BCUT2D eigenvalue weighted by Gasteiger charge is 2.33. The molecule has 0 spiro atoms. The quantitative estimate of drug-likeness (QED) is 0.251. The van der Waals surface area contributed by atoms with Gasteiger partial charge < -0.3 is 10.2 Å². The third kappa shape index (κ3) is 8.16. The molecule has 1 unspecified atom stereocenters. The number of nitrogens with one attached hydrogen (secondary N) is 1. The molecule has 2 amide bonds. The number of unbranched alkanes of at least 4 members (excludes halogenated alkanes) is 1. The Morgan fingerprint density at radius 1 is 0.923 bits per heavy atom. The minimum Gasteiger partial charge on any atom is -0.354 e. The average Bonchev–Trinajstić information content (AvgIpc) is 2.93. The fraction of sp³-hybridized carbons (Fsp3) is 0.333. The van der Waals surface area contributed by atoms with Gasteiger partial charge in [0.1, 0.15) is 12.6 Å². The van der Waals surface area contributed by atoms with Crippen LogP contribution < -0.4 is 9.62 Å². The van der Waals surface area contributed by atoms with Gasteiger partial charge in [0.2, 0.25) is 11.8 Å². The summed E-state index contributed by atoms with van der Waals surface area (Å²) in [7, 11) is -4.07. The second-order valence-corrected chi connectivity index (χ2v) is 12.2. The number of hydrogen-bond acceptors (Lipinski definition) is 4. The molecule has 3 aromatic carbocycles. The van der Waals surface area contributed by atoms with Crippen LogP contribution in [0.25, 0.3) is 0 Å². The molecular formula is C30H36BrN3O4S. The lowest BCUT2D eigenvalue weighted by Gasteiger charge is -2.33. The molecule has 0 heterocycles. The molecule has 0 saturated carbocycles. The maximum Gasteiger partial charge on any atom is 0.264 e. The molecule has 0 aliphatic rings. The number of sulfonamides is 1. The van der Waals surface area contributed by atoms with Crippen molar-refractivity contribution in [1.29, 1.82) is 0 Å². The van der Waals surface area contributed by atoms with Crippen LogP contribution in [0, 0.1) is 6.92 Å². The van der Waals surface area contributed by atoms with Gasteiger partial charge in [0, 0.05) is 17.6 Å². The van der Waals surface area contributed by atoms with Crippen LogP contribution in [0.2, 0.25) is 0 Å². The number of halogens is 1. The Morgan fingerprint density at radius 2 is 1.56 bits per heavy atom. The normalized spacial score (nSPS) is 12.0. The molecule has 0 aromatic heterocycles. The van der Waals surface area contributed by atoms with Gasteiger partial charge in [-0.2, -0.15) is 0 Å². The average molecular weight is 615 g/mol. The van der Waals surface area contributed by atoms with E-state index < -0.39 is 28.5 Å². The SMILES string of the molecule is CCCCNC(=O)C(CC)N(Cc1ccc(C)cc1)C(=O)CN(c1ccc(Br)cc1)S(=O)(=O)c1ccccc1. The van der Waals surface area contributed by atoms with Crippen molar-refractivity contribution in [2.45, 2.75) is 57.5 Å². The van der Waals surface area contributed by atoms with Gasteiger partial charge in [0.05, 0.1) is 10.6 Å². The first-order valence-electron chi connectivity index (χ1n) is 13.1. The largest absolute Gasteiger partial charge is 0.354 e. The predicted molar refractivity (Wildman–Crippen MR) is 159 cm³/mol. The molecule has 7 nitrogen and oxygen atoms in total. The van der Waals surface area contributed by atoms with Crippen LogP contribution in [-0.4, -0.2) is 44.3 Å². The first kappa shape index (κ1) is 30.4. The van der Waals surface area contributed by atoms with E-state index in [-0.39, 0.29) is 17.3 Å². The van der Waals surface area contributed by atoms with E-state index in [2.05, 4.69) is 21.2 Å². The molecule has 3 rings (SSSR count). The lowest BCUT2D eigenvalue weighted by atomic mass is 10.1. The van der Waals surface area contributed by atoms with E-state index >= 15 is 0 Å². The van der Waals surface area contributed by atoms with Crippen molar-refractivity contribution in [3.8, 4) is 0 Å². The van der Waals surface area contributed by atoms with Crippen molar-refractivity contribution in [1.82, 2.24) is 10.2 Å².